The monoisotopic (exact) mass is 275 g/mol. The number of nitrogens with one attached hydrogen (secondary N) is 1. The molecule has 1 saturated heterocycles. The van der Waals surface area contributed by atoms with Crippen molar-refractivity contribution >= 4 is 0 Å². The van der Waals surface area contributed by atoms with Crippen LogP contribution in [0, 0.1) is 0 Å². The number of likely N-dealkylation sites (tertiary alicyclic amines) is 1. The molecule has 1 fully saturated rings. The Morgan fingerprint density at radius 2 is 2.00 bits per heavy atom. The van der Waals surface area contributed by atoms with Gasteiger partial charge in [-0.3, -0.25) is 4.90 Å². The smallest absolute Gasteiger partial charge is 0.0240 e. The van der Waals surface area contributed by atoms with Gasteiger partial charge in [0.2, 0.25) is 0 Å². The molecular formula is C17H29N3. The molecule has 112 valence electrons. The van der Waals surface area contributed by atoms with Crippen LogP contribution in [0.4, 0.5) is 0 Å². The predicted octanol–water partition coefficient (Wildman–Crippen LogP) is 2.32. The van der Waals surface area contributed by atoms with Crippen LogP contribution in [0.15, 0.2) is 24.3 Å². The number of hydrogen-bond acceptors (Lipinski definition) is 3. The number of benzene rings is 1. The van der Waals surface area contributed by atoms with Crippen molar-refractivity contribution in [2.75, 3.05) is 33.7 Å². The quantitative estimate of drug-likeness (QED) is 0.824. The summed E-state index contributed by atoms with van der Waals surface area (Å²) in [5.74, 6) is 0. The third-order valence-electron chi connectivity index (χ3n) is 4.13. The maximum absolute atomic E-state index is 3.45. The predicted molar refractivity (Wildman–Crippen MR) is 85.8 cm³/mol. The molecule has 2 rings (SSSR count). The van der Waals surface area contributed by atoms with Crippen molar-refractivity contribution in [3.8, 4) is 0 Å². The normalized spacial score (nSPS) is 19.9. The minimum Gasteiger partial charge on any atom is -0.313 e. The molecule has 3 nitrogen and oxygen atoms in total. The summed E-state index contributed by atoms with van der Waals surface area (Å²) in [6, 6.07) is 9.59. The molecule has 0 aliphatic carbocycles. The van der Waals surface area contributed by atoms with Crippen molar-refractivity contribution in [3.63, 3.8) is 0 Å². The molecule has 1 aromatic carbocycles. The lowest BCUT2D eigenvalue weighted by atomic mass is 10.1. The highest BCUT2D eigenvalue weighted by Crippen LogP contribution is 2.22. The fraction of sp³-hybridized carbons (Fsp3) is 0.647. The van der Waals surface area contributed by atoms with Crippen LogP contribution in [0.5, 0.6) is 0 Å². The zero-order chi connectivity index (χ0) is 14.4. The van der Waals surface area contributed by atoms with Gasteiger partial charge in [-0.1, -0.05) is 31.2 Å². The Morgan fingerprint density at radius 3 is 2.70 bits per heavy atom. The average molecular weight is 275 g/mol. The Morgan fingerprint density at radius 1 is 1.25 bits per heavy atom. The second-order valence-corrected chi connectivity index (χ2v) is 6.08. The molecule has 0 bridgehead atoms. The van der Waals surface area contributed by atoms with Gasteiger partial charge in [0.05, 0.1) is 0 Å². The molecular weight excluding hydrogens is 246 g/mol. The van der Waals surface area contributed by atoms with Gasteiger partial charge < -0.3 is 10.2 Å². The molecule has 0 radical (unpaired) electrons. The van der Waals surface area contributed by atoms with Crippen molar-refractivity contribution in [3.05, 3.63) is 35.4 Å². The fourth-order valence-electron chi connectivity index (χ4n) is 3.09. The lowest BCUT2D eigenvalue weighted by Gasteiger charge is -2.27. The summed E-state index contributed by atoms with van der Waals surface area (Å²) in [5, 5.41) is 3.45. The summed E-state index contributed by atoms with van der Waals surface area (Å²) in [4.78, 5) is 4.97. The van der Waals surface area contributed by atoms with Gasteiger partial charge in [0.1, 0.15) is 0 Å². The molecule has 1 aliphatic rings. The topological polar surface area (TPSA) is 18.5 Å². The van der Waals surface area contributed by atoms with Crippen LogP contribution >= 0.6 is 0 Å². The summed E-state index contributed by atoms with van der Waals surface area (Å²) in [6.45, 7) is 7.69. The van der Waals surface area contributed by atoms with Gasteiger partial charge in [0.15, 0.2) is 0 Å². The van der Waals surface area contributed by atoms with E-state index < -0.39 is 0 Å². The van der Waals surface area contributed by atoms with Crippen LogP contribution in [0.3, 0.4) is 0 Å². The van der Waals surface area contributed by atoms with Crippen LogP contribution in [0.2, 0.25) is 0 Å². The van der Waals surface area contributed by atoms with Crippen LogP contribution < -0.4 is 5.32 Å². The first-order chi connectivity index (χ1) is 9.70. The third kappa shape index (κ3) is 4.30. The molecule has 1 N–H and O–H groups in total. The van der Waals surface area contributed by atoms with Gasteiger partial charge in [-0.25, -0.2) is 0 Å². The third-order valence-corrected chi connectivity index (χ3v) is 4.13. The maximum Gasteiger partial charge on any atom is 0.0240 e. The summed E-state index contributed by atoms with van der Waals surface area (Å²) < 4.78 is 0. The number of hydrogen-bond donors (Lipinski definition) is 1. The Balaban J connectivity index is 2.01. The van der Waals surface area contributed by atoms with E-state index in [1.807, 2.05) is 0 Å². The van der Waals surface area contributed by atoms with Crippen molar-refractivity contribution < 1.29 is 0 Å². The van der Waals surface area contributed by atoms with Crippen LogP contribution in [0.25, 0.3) is 0 Å². The lowest BCUT2D eigenvalue weighted by molar-refractivity contribution is 0.200. The van der Waals surface area contributed by atoms with Crippen LogP contribution in [0.1, 0.15) is 30.9 Å². The van der Waals surface area contributed by atoms with Crippen molar-refractivity contribution in [1.82, 2.24) is 15.1 Å². The molecule has 0 aromatic heterocycles. The standard InChI is InChI=1S/C17H29N3/c1-4-18-12-15-8-5-6-9-16(15)13-20-11-7-10-17(20)14-19(2)3/h5-6,8-9,17-18H,4,7,10-14H2,1-3H3. The largest absolute Gasteiger partial charge is 0.313 e. The minimum absolute atomic E-state index is 0.720. The first-order valence-corrected chi connectivity index (χ1v) is 7.87. The second kappa shape index (κ2) is 7.77. The Kier molecular flexibility index (Phi) is 6.02. The zero-order valence-electron chi connectivity index (χ0n) is 13.2. The molecule has 0 spiro atoms. The van der Waals surface area contributed by atoms with E-state index in [0.717, 1.165) is 25.7 Å². The van der Waals surface area contributed by atoms with E-state index in [2.05, 4.69) is 60.4 Å². The van der Waals surface area contributed by atoms with Gasteiger partial charge in [0.25, 0.3) is 0 Å². The molecule has 1 heterocycles. The van der Waals surface area contributed by atoms with Gasteiger partial charge in [-0.05, 0) is 51.2 Å². The second-order valence-electron chi connectivity index (χ2n) is 6.08. The number of rotatable bonds is 7. The number of nitrogens with zero attached hydrogens (tertiary/aromatic N) is 2. The maximum atomic E-state index is 3.45. The Hall–Kier alpha value is -0.900. The molecule has 0 saturated carbocycles. The molecule has 1 atom stereocenters. The molecule has 1 unspecified atom stereocenters. The highest BCUT2D eigenvalue weighted by Gasteiger charge is 2.25. The van der Waals surface area contributed by atoms with E-state index >= 15 is 0 Å². The summed E-state index contributed by atoms with van der Waals surface area (Å²) in [5.41, 5.74) is 2.93. The van der Waals surface area contributed by atoms with E-state index in [9.17, 15) is 0 Å². The SMILES string of the molecule is CCNCc1ccccc1CN1CCCC1CN(C)C. The highest BCUT2D eigenvalue weighted by atomic mass is 15.2. The van der Waals surface area contributed by atoms with E-state index in [4.69, 9.17) is 0 Å². The average Bonchev–Trinajstić information content (AvgIpc) is 2.84. The van der Waals surface area contributed by atoms with Gasteiger partial charge in [-0.2, -0.15) is 0 Å². The first kappa shape index (κ1) is 15.5. The summed E-state index contributed by atoms with van der Waals surface area (Å²) >= 11 is 0. The van der Waals surface area contributed by atoms with Crippen molar-refractivity contribution in [2.24, 2.45) is 0 Å². The van der Waals surface area contributed by atoms with Gasteiger partial charge in [0, 0.05) is 25.7 Å². The van der Waals surface area contributed by atoms with E-state index in [0.29, 0.717) is 0 Å². The fourth-order valence-corrected chi connectivity index (χ4v) is 3.09. The van der Waals surface area contributed by atoms with Crippen LogP contribution in [-0.4, -0.2) is 49.6 Å². The summed E-state index contributed by atoms with van der Waals surface area (Å²) in [7, 11) is 4.35. The molecule has 3 heteroatoms. The van der Waals surface area contributed by atoms with Gasteiger partial charge in [-0.15, -0.1) is 0 Å². The summed E-state index contributed by atoms with van der Waals surface area (Å²) in [6.07, 6.45) is 2.68. The highest BCUT2D eigenvalue weighted by molar-refractivity contribution is 5.27. The zero-order valence-corrected chi connectivity index (χ0v) is 13.2. The molecule has 1 aliphatic heterocycles. The minimum atomic E-state index is 0.720. The van der Waals surface area contributed by atoms with Gasteiger partial charge >= 0.3 is 0 Å². The molecule has 1 aromatic rings. The van der Waals surface area contributed by atoms with Crippen molar-refractivity contribution in [2.45, 2.75) is 38.9 Å². The van der Waals surface area contributed by atoms with E-state index in [-0.39, 0.29) is 0 Å². The molecule has 0 amide bonds. The number of likely N-dealkylation sites (N-methyl/N-ethyl adjacent to an activating group) is 1. The Labute approximate surface area is 124 Å². The lowest BCUT2D eigenvalue weighted by Crippen LogP contribution is -2.37. The van der Waals surface area contributed by atoms with E-state index in [1.54, 1.807) is 0 Å². The van der Waals surface area contributed by atoms with Crippen molar-refractivity contribution in [1.29, 1.82) is 0 Å². The first-order valence-electron chi connectivity index (χ1n) is 7.87. The van der Waals surface area contributed by atoms with E-state index in [1.165, 1.54) is 37.1 Å². The Bertz CT molecular complexity index is 403. The molecule has 20 heavy (non-hydrogen) atoms. The van der Waals surface area contributed by atoms with Crippen LogP contribution in [-0.2, 0) is 13.1 Å².